The molecule has 2 aromatic rings. The Hall–Kier alpha value is -3.22. The summed E-state index contributed by atoms with van der Waals surface area (Å²) in [5, 5.41) is 37.0. The van der Waals surface area contributed by atoms with Gasteiger partial charge in [-0.1, -0.05) is 12.1 Å². The molecule has 0 heterocycles. The Morgan fingerprint density at radius 2 is 1.43 bits per heavy atom. The van der Waals surface area contributed by atoms with Gasteiger partial charge in [0.1, 0.15) is 0 Å². The molecule has 2 rings (SSSR count). The standard InChI is InChI=1S/C16H14O7/c17-11-3-1-9(5-13(11)19)8-16(22)23-14-6-10(7-15(20)21)2-4-12(14)18/h1-6,17-19H,7-8H2,(H,20,21). The van der Waals surface area contributed by atoms with Gasteiger partial charge in [-0.05, 0) is 35.4 Å². The van der Waals surface area contributed by atoms with Crippen molar-refractivity contribution in [1.29, 1.82) is 0 Å². The highest BCUT2D eigenvalue weighted by atomic mass is 16.5. The first-order chi connectivity index (χ1) is 10.8. The summed E-state index contributed by atoms with van der Waals surface area (Å²) in [6.45, 7) is 0. The first kappa shape index (κ1) is 16.2. The fraction of sp³-hybridized carbons (Fsp3) is 0.125. The van der Waals surface area contributed by atoms with Gasteiger partial charge in [0.15, 0.2) is 23.0 Å². The van der Waals surface area contributed by atoms with E-state index in [0.717, 1.165) is 0 Å². The van der Waals surface area contributed by atoms with Crippen LogP contribution in [-0.4, -0.2) is 32.4 Å². The zero-order valence-electron chi connectivity index (χ0n) is 11.9. The van der Waals surface area contributed by atoms with Crippen molar-refractivity contribution in [1.82, 2.24) is 0 Å². The van der Waals surface area contributed by atoms with E-state index in [1.165, 1.54) is 36.4 Å². The minimum absolute atomic E-state index is 0.142. The number of aromatic hydroxyl groups is 3. The number of carbonyl (C=O) groups is 2. The summed E-state index contributed by atoms with van der Waals surface area (Å²) in [6.07, 6.45) is -0.465. The number of aliphatic carboxylic acids is 1. The normalized spacial score (nSPS) is 10.3. The highest BCUT2D eigenvalue weighted by Crippen LogP contribution is 2.28. The topological polar surface area (TPSA) is 124 Å². The molecular formula is C16H14O7. The lowest BCUT2D eigenvalue weighted by molar-refractivity contribution is -0.136. The van der Waals surface area contributed by atoms with E-state index in [-0.39, 0.29) is 35.8 Å². The number of ether oxygens (including phenoxy) is 1. The van der Waals surface area contributed by atoms with Crippen LogP contribution in [0.25, 0.3) is 0 Å². The van der Waals surface area contributed by atoms with Crippen molar-refractivity contribution in [2.75, 3.05) is 0 Å². The second kappa shape index (κ2) is 6.69. The minimum atomic E-state index is -1.05. The van der Waals surface area contributed by atoms with E-state index in [4.69, 9.17) is 9.84 Å². The maximum atomic E-state index is 11.9. The van der Waals surface area contributed by atoms with Crippen LogP contribution in [0.1, 0.15) is 11.1 Å². The zero-order chi connectivity index (χ0) is 17.0. The van der Waals surface area contributed by atoms with E-state index in [1.807, 2.05) is 0 Å². The van der Waals surface area contributed by atoms with Crippen LogP contribution in [0.2, 0.25) is 0 Å². The molecule has 0 atom stereocenters. The van der Waals surface area contributed by atoms with Crippen molar-refractivity contribution in [2.45, 2.75) is 12.8 Å². The number of carbonyl (C=O) groups excluding carboxylic acids is 1. The molecule has 0 unspecified atom stereocenters. The van der Waals surface area contributed by atoms with E-state index in [9.17, 15) is 24.9 Å². The molecule has 0 bridgehead atoms. The predicted octanol–water partition coefficient (Wildman–Crippen LogP) is 1.58. The zero-order valence-corrected chi connectivity index (χ0v) is 11.9. The Bertz CT molecular complexity index is 752. The number of phenols is 3. The molecule has 4 N–H and O–H groups in total. The van der Waals surface area contributed by atoms with Gasteiger partial charge >= 0.3 is 11.9 Å². The van der Waals surface area contributed by atoms with Crippen LogP contribution in [0, 0.1) is 0 Å². The minimum Gasteiger partial charge on any atom is -0.504 e. The molecule has 0 aliphatic rings. The van der Waals surface area contributed by atoms with Crippen LogP contribution in [-0.2, 0) is 22.4 Å². The number of esters is 1. The predicted molar refractivity (Wildman–Crippen MR) is 78.6 cm³/mol. The highest BCUT2D eigenvalue weighted by molar-refractivity contribution is 5.76. The second-order valence-corrected chi connectivity index (χ2v) is 4.85. The molecule has 0 spiro atoms. The molecule has 0 aromatic heterocycles. The summed E-state index contributed by atoms with van der Waals surface area (Å²) in [5.74, 6) is -2.86. The van der Waals surface area contributed by atoms with Crippen molar-refractivity contribution in [3.63, 3.8) is 0 Å². The Labute approximate surface area is 131 Å². The number of hydrogen-bond donors (Lipinski definition) is 4. The van der Waals surface area contributed by atoms with Crippen molar-refractivity contribution in [3.8, 4) is 23.0 Å². The molecule has 7 heteroatoms. The van der Waals surface area contributed by atoms with E-state index in [1.54, 1.807) is 0 Å². The molecule has 7 nitrogen and oxygen atoms in total. The van der Waals surface area contributed by atoms with Gasteiger partial charge < -0.3 is 25.2 Å². The average molecular weight is 318 g/mol. The van der Waals surface area contributed by atoms with Crippen LogP contribution in [0.15, 0.2) is 36.4 Å². The number of carboxylic acids is 1. The van der Waals surface area contributed by atoms with E-state index >= 15 is 0 Å². The van der Waals surface area contributed by atoms with E-state index in [0.29, 0.717) is 11.1 Å². The Balaban J connectivity index is 2.10. The molecule has 120 valence electrons. The van der Waals surface area contributed by atoms with Crippen molar-refractivity contribution < 1.29 is 34.8 Å². The molecule has 0 fully saturated rings. The monoisotopic (exact) mass is 318 g/mol. The van der Waals surface area contributed by atoms with Crippen LogP contribution in [0.4, 0.5) is 0 Å². The fourth-order valence-electron chi connectivity index (χ4n) is 1.93. The number of rotatable bonds is 5. The number of hydrogen-bond acceptors (Lipinski definition) is 6. The summed E-state index contributed by atoms with van der Waals surface area (Å²) in [7, 11) is 0. The van der Waals surface area contributed by atoms with Crippen molar-refractivity contribution in [3.05, 3.63) is 47.5 Å². The quantitative estimate of drug-likeness (QED) is 0.375. The van der Waals surface area contributed by atoms with Crippen LogP contribution in [0.3, 0.4) is 0 Å². The Morgan fingerprint density at radius 3 is 2.04 bits per heavy atom. The molecule has 23 heavy (non-hydrogen) atoms. The summed E-state index contributed by atoms with van der Waals surface area (Å²) in [4.78, 5) is 22.5. The third-order valence-corrected chi connectivity index (χ3v) is 2.99. The molecule has 0 radical (unpaired) electrons. The molecule has 0 saturated carbocycles. The first-order valence-corrected chi connectivity index (χ1v) is 6.60. The number of carboxylic acid groups (broad SMARTS) is 1. The smallest absolute Gasteiger partial charge is 0.315 e. The fourth-order valence-corrected chi connectivity index (χ4v) is 1.93. The van der Waals surface area contributed by atoms with Gasteiger partial charge in [-0.15, -0.1) is 0 Å². The lowest BCUT2D eigenvalue weighted by Gasteiger charge is -2.08. The molecule has 0 aliphatic carbocycles. The molecular weight excluding hydrogens is 304 g/mol. The third-order valence-electron chi connectivity index (χ3n) is 2.99. The third kappa shape index (κ3) is 4.37. The van der Waals surface area contributed by atoms with Crippen LogP contribution < -0.4 is 4.74 Å². The van der Waals surface area contributed by atoms with E-state index < -0.39 is 11.9 Å². The maximum Gasteiger partial charge on any atom is 0.315 e. The number of phenolic OH excluding ortho intramolecular Hbond substituents is 3. The van der Waals surface area contributed by atoms with Gasteiger partial charge in [0.05, 0.1) is 12.8 Å². The molecule has 2 aromatic carbocycles. The highest BCUT2D eigenvalue weighted by Gasteiger charge is 2.13. The van der Waals surface area contributed by atoms with E-state index in [2.05, 4.69) is 0 Å². The summed E-state index contributed by atoms with van der Waals surface area (Å²) in [5.41, 5.74) is 0.784. The lowest BCUT2D eigenvalue weighted by Crippen LogP contribution is -2.11. The summed E-state index contributed by atoms with van der Waals surface area (Å²) < 4.78 is 5.02. The van der Waals surface area contributed by atoms with Gasteiger partial charge in [0.2, 0.25) is 0 Å². The Morgan fingerprint density at radius 1 is 0.826 bits per heavy atom. The van der Waals surface area contributed by atoms with Gasteiger partial charge in [-0.3, -0.25) is 9.59 Å². The van der Waals surface area contributed by atoms with Crippen LogP contribution >= 0.6 is 0 Å². The van der Waals surface area contributed by atoms with Gasteiger partial charge in [0.25, 0.3) is 0 Å². The second-order valence-electron chi connectivity index (χ2n) is 4.85. The first-order valence-electron chi connectivity index (χ1n) is 6.60. The Kier molecular flexibility index (Phi) is 4.70. The molecule has 0 saturated heterocycles. The SMILES string of the molecule is O=C(O)Cc1ccc(O)c(OC(=O)Cc2ccc(O)c(O)c2)c1. The molecule has 0 aliphatic heterocycles. The number of benzene rings is 2. The van der Waals surface area contributed by atoms with Gasteiger partial charge in [0, 0.05) is 0 Å². The summed E-state index contributed by atoms with van der Waals surface area (Å²) >= 11 is 0. The maximum absolute atomic E-state index is 11.9. The average Bonchev–Trinajstić information content (AvgIpc) is 2.46. The lowest BCUT2D eigenvalue weighted by atomic mass is 10.1. The molecule has 0 amide bonds. The van der Waals surface area contributed by atoms with Gasteiger partial charge in [-0.2, -0.15) is 0 Å². The largest absolute Gasteiger partial charge is 0.504 e. The summed E-state index contributed by atoms with van der Waals surface area (Å²) in [6, 6.07) is 7.83. The van der Waals surface area contributed by atoms with Crippen molar-refractivity contribution >= 4 is 11.9 Å². The van der Waals surface area contributed by atoms with Gasteiger partial charge in [-0.25, -0.2) is 0 Å². The van der Waals surface area contributed by atoms with Crippen molar-refractivity contribution in [2.24, 2.45) is 0 Å². The van der Waals surface area contributed by atoms with Crippen LogP contribution in [0.5, 0.6) is 23.0 Å².